The first-order valence-corrected chi connectivity index (χ1v) is 10.7. The Kier molecular flexibility index (Phi) is 4.50. The number of benzene rings is 2. The largest absolute Gasteiger partial charge is 0.870 e. The van der Waals surface area contributed by atoms with Crippen molar-refractivity contribution in [2.24, 2.45) is 5.41 Å². The second kappa shape index (κ2) is 7.06. The molecule has 1 aliphatic heterocycles. The van der Waals surface area contributed by atoms with E-state index in [-0.39, 0.29) is 22.5 Å². The number of phenols is 1. The van der Waals surface area contributed by atoms with Crippen LogP contribution in [0, 0.1) is 10.6 Å². The van der Waals surface area contributed by atoms with Gasteiger partial charge in [0.25, 0.3) is 0 Å². The van der Waals surface area contributed by atoms with Crippen molar-refractivity contribution in [2.75, 3.05) is 19.6 Å². The van der Waals surface area contributed by atoms with Crippen LogP contribution in [0.3, 0.4) is 0 Å². The molecule has 0 unspecified atom stereocenters. The van der Waals surface area contributed by atoms with Gasteiger partial charge in [-0.3, -0.25) is 0 Å². The Labute approximate surface area is 169 Å². The van der Waals surface area contributed by atoms with Gasteiger partial charge in [-0.25, -0.2) is 0 Å². The van der Waals surface area contributed by atoms with Gasteiger partial charge in [0.2, 0.25) is 0 Å². The molecular weight excluding hydrogens is 368 g/mol. The number of aromatic nitrogens is 3. The molecule has 29 heavy (non-hydrogen) atoms. The molecule has 2 aliphatic rings. The monoisotopic (exact) mass is 395 g/mol. The standard InChI is InChI=1S/C22H28N4O3/c27-20-16-6-1-2-7-17(16)21(28)19-18(20)23-26(29)25(19)13-5-12-24-14-10-22(11-15-24)8-3-4-9-22/h1-2,6-7,27-28H,3-5,8-15H2/p-1. The highest BCUT2D eigenvalue weighted by atomic mass is 16.5. The number of aryl methyl sites for hydroxylation is 1. The molecule has 2 fully saturated rings. The molecule has 1 saturated heterocycles. The second-order valence-electron chi connectivity index (χ2n) is 8.80. The van der Waals surface area contributed by atoms with Gasteiger partial charge in [-0.2, -0.15) is 0 Å². The maximum absolute atomic E-state index is 12.7. The first-order chi connectivity index (χ1) is 14.1. The van der Waals surface area contributed by atoms with Crippen molar-refractivity contribution in [3.8, 4) is 11.5 Å². The lowest BCUT2D eigenvalue weighted by Crippen LogP contribution is -2.42. The normalized spacial score (nSPS) is 19.6. The van der Waals surface area contributed by atoms with E-state index in [0.717, 1.165) is 26.1 Å². The fourth-order valence-electron chi connectivity index (χ4n) is 5.44. The summed E-state index contributed by atoms with van der Waals surface area (Å²) in [6, 6.07) is 6.86. The van der Waals surface area contributed by atoms with Crippen LogP contribution in [0.25, 0.3) is 21.8 Å². The molecule has 3 aromatic rings. The van der Waals surface area contributed by atoms with Crippen LogP contribution in [0.5, 0.6) is 11.5 Å². The minimum Gasteiger partial charge on any atom is -0.870 e. The number of phenolic OH excluding ortho intramolecular Hbond substituents is 1. The number of nitrogens with zero attached hydrogens (tertiary/aromatic N) is 4. The number of fused-ring (bicyclic) bond motifs is 2. The van der Waals surface area contributed by atoms with E-state index < -0.39 is 0 Å². The molecule has 0 radical (unpaired) electrons. The van der Waals surface area contributed by atoms with Crippen LogP contribution in [-0.2, 0) is 6.54 Å². The maximum atomic E-state index is 12.7. The summed E-state index contributed by atoms with van der Waals surface area (Å²) in [6.45, 7) is 3.59. The van der Waals surface area contributed by atoms with Crippen molar-refractivity contribution < 1.29 is 15.2 Å². The van der Waals surface area contributed by atoms with E-state index in [1.54, 1.807) is 24.3 Å². The van der Waals surface area contributed by atoms with E-state index in [1.807, 2.05) is 0 Å². The Morgan fingerprint density at radius 3 is 2.45 bits per heavy atom. The SMILES string of the molecule is [O-]c1c2ccccc2c(O)c2c1n[n+]([O-])n2CCCN1CCC2(CCCC2)CC1. The number of piperidine rings is 1. The lowest BCUT2D eigenvalue weighted by molar-refractivity contribution is -0.746. The van der Waals surface area contributed by atoms with Gasteiger partial charge in [-0.1, -0.05) is 42.9 Å². The average Bonchev–Trinajstić information content (AvgIpc) is 3.33. The number of hydrogen-bond donors (Lipinski definition) is 1. The van der Waals surface area contributed by atoms with E-state index in [4.69, 9.17) is 0 Å². The zero-order chi connectivity index (χ0) is 20.0. The molecule has 1 saturated carbocycles. The van der Waals surface area contributed by atoms with Crippen molar-refractivity contribution in [3.05, 3.63) is 29.5 Å². The molecule has 2 aromatic carbocycles. The summed E-state index contributed by atoms with van der Waals surface area (Å²) in [5.74, 6) is -0.354. The molecule has 5 rings (SSSR count). The van der Waals surface area contributed by atoms with Gasteiger partial charge < -0.3 is 20.3 Å². The van der Waals surface area contributed by atoms with E-state index in [1.165, 1.54) is 43.2 Å². The third kappa shape index (κ3) is 3.08. The zero-order valence-corrected chi connectivity index (χ0v) is 16.6. The molecule has 1 aliphatic carbocycles. The summed E-state index contributed by atoms with van der Waals surface area (Å²) in [4.78, 5) is 2.93. The lowest BCUT2D eigenvalue weighted by atomic mass is 9.77. The Hall–Kier alpha value is -2.54. The average molecular weight is 395 g/mol. The molecule has 1 N–H and O–H groups in total. The fraction of sp³-hybridized carbons (Fsp3) is 0.545. The van der Waals surface area contributed by atoms with Crippen LogP contribution >= 0.6 is 0 Å². The molecule has 1 aromatic heterocycles. The quantitative estimate of drug-likeness (QED) is 0.542. The number of hydrogen-bond acceptors (Lipinski definition) is 5. The predicted octanol–water partition coefficient (Wildman–Crippen LogP) is 2.65. The van der Waals surface area contributed by atoms with Gasteiger partial charge >= 0.3 is 0 Å². The van der Waals surface area contributed by atoms with Gasteiger partial charge in [0.05, 0.1) is 6.54 Å². The summed E-state index contributed by atoms with van der Waals surface area (Å²) in [6.07, 6.45) is 8.91. The van der Waals surface area contributed by atoms with E-state index >= 15 is 0 Å². The van der Waals surface area contributed by atoms with Crippen molar-refractivity contribution in [3.63, 3.8) is 0 Å². The molecule has 7 heteroatoms. The fourth-order valence-corrected chi connectivity index (χ4v) is 5.44. The molecule has 2 heterocycles. The topological polar surface area (TPSA) is 91.3 Å². The molecule has 0 bridgehead atoms. The summed E-state index contributed by atoms with van der Waals surface area (Å²) >= 11 is 0. The first kappa shape index (κ1) is 18.5. The van der Waals surface area contributed by atoms with Crippen molar-refractivity contribution in [1.29, 1.82) is 0 Å². The molecule has 154 valence electrons. The van der Waals surface area contributed by atoms with Crippen LogP contribution in [0.2, 0.25) is 0 Å². The van der Waals surface area contributed by atoms with E-state index in [9.17, 15) is 15.4 Å². The highest BCUT2D eigenvalue weighted by Gasteiger charge is 2.36. The Morgan fingerprint density at radius 1 is 1.03 bits per heavy atom. The number of likely N-dealkylation sites (tertiary alicyclic amines) is 1. The van der Waals surface area contributed by atoms with Crippen LogP contribution in [0.4, 0.5) is 0 Å². The number of rotatable bonds is 4. The first-order valence-electron chi connectivity index (χ1n) is 10.7. The van der Waals surface area contributed by atoms with Gasteiger partial charge in [0, 0.05) is 22.0 Å². The van der Waals surface area contributed by atoms with Crippen LogP contribution in [0.15, 0.2) is 24.3 Å². The molecule has 7 nitrogen and oxygen atoms in total. The Balaban J connectivity index is 1.33. The molecule has 0 amide bonds. The summed E-state index contributed by atoms with van der Waals surface area (Å²) in [7, 11) is 0. The highest BCUT2D eigenvalue weighted by molar-refractivity contribution is 6.07. The lowest BCUT2D eigenvalue weighted by Gasteiger charge is -2.39. The van der Waals surface area contributed by atoms with Crippen molar-refractivity contribution in [1.82, 2.24) is 14.7 Å². The van der Waals surface area contributed by atoms with Gasteiger partial charge in [-0.05, 0) is 56.0 Å². The maximum Gasteiger partial charge on any atom is 0.176 e. The minimum atomic E-state index is -0.311. The van der Waals surface area contributed by atoms with Crippen molar-refractivity contribution >= 4 is 21.8 Å². The van der Waals surface area contributed by atoms with Crippen LogP contribution in [0.1, 0.15) is 44.9 Å². The summed E-state index contributed by atoms with van der Waals surface area (Å²) in [5.41, 5.74) is 0.886. The molecule has 1 spiro atoms. The molecular formula is C22H27N4O3-. The third-order valence-corrected chi connectivity index (χ3v) is 7.17. The highest BCUT2D eigenvalue weighted by Crippen LogP contribution is 2.46. The Bertz CT molecular complexity index is 1050. The summed E-state index contributed by atoms with van der Waals surface area (Å²) < 4.78 is 1.39. The summed E-state index contributed by atoms with van der Waals surface area (Å²) in [5, 5.41) is 40.5. The minimum absolute atomic E-state index is 0.0392. The Morgan fingerprint density at radius 2 is 1.72 bits per heavy atom. The second-order valence-corrected chi connectivity index (χ2v) is 8.80. The van der Waals surface area contributed by atoms with Crippen LogP contribution < -0.4 is 10.1 Å². The smallest absolute Gasteiger partial charge is 0.176 e. The van der Waals surface area contributed by atoms with Crippen LogP contribution in [-0.4, -0.2) is 39.4 Å². The van der Waals surface area contributed by atoms with Gasteiger partial charge in [-0.15, -0.1) is 4.68 Å². The third-order valence-electron chi connectivity index (χ3n) is 7.17. The van der Waals surface area contributed by atoms with Gasteiger partial charge in [0.1, 0.15) is 0 Å². The zero-order valence-electron chi connectivity index (χ0n) is 16.6. The number of aromatic hydroxyl groups is 1. The van der Waals surface area contributed by atoms with E-state index in [2.05, 4.69) is 10.00 Å². The van der Waals surface area contributed by atoms with Gasteiger partial charge in [0.15, 0.2) is 16.8 Å². The predicted molar refractivity (Wildman–Crippen MR) is 109 cm³/mol. The van der Waals surface area contributed by atoms with E-state index in [0.29, 0.717) is 27.7 Å². The van der Waals surface area contributed by atoms with Crippen molar-refractivity contribution in [2.45, 2.75) is 51.5 Å². The molecule has 0 atom stereocenters.